The Kier molecular flexibility index (Phi) is 21.8. The molecule has 0 N–H and O–H groups in total. The average Bonchev–Trinajstić information content (AvgIpc) is 2.72. The van der Waals surface area contributed by atoms with Crippen molar-refractivity contribution in [2.75, 3.05) is 32.8 Å². The largest absolute Gasteiger partial charge is 0.460 e. The van der Waals surface area contributed by atoms with Gasteiger partial charge in [-0.2, -0.15) is 0 Å². The average molecular weight is 456 g/mol. The monoisotopic (exact) mass is 455 g/mol. The molecule has 0 saturated carbocycles. The second-order valence-electron chi connectivity index (χ2n) is 10.4. The van der Waals surface area contributed by atoms with Crippen LogP contribution in [0.5, 0.6) is 0 Å². The maximum absolute atomic E-state index is 11.8. The number of rotatable bonds is 23. The first kappa shape index (κ1) is 31.4. The summed E-state index contributed by atoms with van der Waals surface area (Å²) in [5.41, 5.74) is -0.398. The highest BCUT2D eigenvalue weighted by atomic mass is 16.6. The molecule has 0 aliphatic rings. The maximum Gasteiger partial charge on any atom is 0.306 e. The molecule has 0 radical (unpaired) electrons. The highest BCUT2D eigenvalue weighted by molar-refractivity contribution is 5.69. The van der Waals surface area contributed by atoms with Gasteiger partial charge in [0.1, 0.15) is 5.60 Å². The van der Waals surface area contributed by atoms with Gasteiger partial charge in [0, 0.05) is 19.6 Å². The molecule has 0 fully saturated rings. The van der Waals surface area contributed by atoms with Crippen molar-refractivity contribution >= 4 is 5.97 Å². The molecule has 0 unspecified atom stereocenters. The standard InChI is InChI=1S/C28H57NO3/c1-6-8-10-12-14-16-18-22-29(23-19-17-15-13-11-9-7-2)24-26-31-25-20-21-27(30)32-28(3,4)5/h6-26H2,1-5H3. The number of ether oxygens (including phenoxy) is 2. The summed E-state index contributed by atoms with van der Waals surface area (Å²) in [6.45, 7) is 15.1. The topological polar surface area (TPSA) is 38.8 Å². The van der Waals surface area contributed by atoms with Gasteiger partial charge in [-0.15, -0.1) is 0 Å². The van der Waals surface area contributed by atoms with Crippen LogP contribution in [-0.4, -0.2) is 49.3 Å². The number of carbonyl (C=O) groups excluding carboxylic acids is 1. The van der Waals surface area contributed by atoms with Crippen molar-refractivity contribution in [3.8, 4) is 0 Å². The molecule has 0 amide bonds. The Morgan fingerprint density at radius 2 is 1.09 bits per heavy atom. The fourth-order valence-electron chi connectivity index (χ4n) is 3.93. The quantitative estimate of drug-likeness (QED) is 0.116. The molecule has 32 heavy (non-hydrogen) atoms. The van der Waals surface area contributed by atoms with Crippen LogP contribution in [0.15, 0.2) is 0 Å². The van der Waals surface area contributed by atoms with Crippen molar-refractivity contribution in [3.63, 3.8) is 0 Å². The molecule has 0 spiro atoms. The zero-order valence-electron chi connectivity index (χ0n) is 22.5. The van der Waals surface area contributed by atoms with Gasteiger partial charge in [0.15, 0.2) is 0 Å². The van der Waals surface area contributed by atoms with Gasteiger partial charge < -0.3 is 14.4 Å². The van der Waals surface area contributed by atoms with Gasteiger partial charge in [-0.3, -0.25) is 4.79 Å². The summed E-state index contributed by atoms with van der Waals surface area (Å²) >= 11 is 0. The Balaban J connectivity index is 3.97. The summed E-state index contributed by atoms with van der Waals surface area (Å²) in [4.78, 5) is 14.4. The van der Waals surface area contributed by atoms with Gasteiger partial charge in [0.25, 0.3) is 0 Å². The molecule has 4 heteroatoms. The first-order valence-corrected chi connectivity index (χ1v) is 13.9. The van der Waals surface area contributed by atoms with E-state index in [4.69, 9.17) is 9.47 Å². The number of hydrogen-bond acceptors (Lipinski definition) is 4. The van der Waals surface area contributed by atoms with E-state index in [0.717, 1.165) is 19.6 Å². The van der Waals surface area contributed by atoms with Gasteiger partial charge in [0.2, 0.25) is 0 Å². The third-order valence-corrected chi connectivity index (χ3v) is 5.80. The number of hydrogen-bond donors (Lipinski definition) is 0. The molecule has 0 rings (SSSR count). The Morgan fingerprint density at radius 1 is 0.625 bits per heavy atom. The van der Waals surface area contributed by atoms with Gasteiger partial charge >= 0.3 is 5.97 Å². The molecule has 0 heterocycles. The molecule has 0 saturated heterocycles. The van der Waals surface area contributed by atoms with Crippen LogP contribution in [0.4, 0.5) is 0 Å². The van der Waals surface area contributed by atoms with Crippen LogP contribution in [0.25, 0.3) is 0 Å². The van der Waals surface area contributed by atoms with Crippen molar-refractivity contribution < 1.29 is 14.3 Å². The fraction of sp³-hybridized carbons (Fsp3) is 0.964. The second-order valence-corrected chi connectivity index (χ2v) is 10.4. The minimum Gasteiger partial charge on any atom is -0.460 e. The smallest absolute Gasteiger partial charge is 0.306 e. The molecule has 0 aromatic heterocycles. The van der Waals surface area contributed by atoms with E-state index in [9.17, 15) is 4.79 Å². The van der Waals surface area contributed by atoms with Gasteiger partial charge in [-0.1, -0.05) is 90.9 Å². The molecule has 0 aromatic carbocycles. The summed E-state index contributed by atoms with van der Waals surface area (Å²) in [6, 6.07) is 0. The molecule has 0 bridgehead atoms. The van der Waals surface area contributed by atoms with Crippen LogP contribution in [-0.2, 0) is 14.3 Å². The van der Waals surface area contributed by atoms with E-state index in [-0.39, 0.29) is 5.97 Å². The summed E-state index contributed by atoms with van der Waals surface area (Å²) in [5, 5.41) is 0. The number of esters is 1. The van der Waals surface area contributed by atoms with Crippen LogP contribution in [0.1, 0.15) is 137 Å². The molecule has 0 aliphatic heterocycles. The minimum atomic E-state index is -0.398. The van der Waals surface area contributed by atoms with Crippen LogP contribution in [0, 0.1) is 0 Å². The first-order valence-electron chi connectivity index (χ1n) is 13.9. The van der Waals surface area contributed by atoms with Crippen molar-refractivity contribution in [2.45, 2.75) is 143 Å². The summed E-state index contributed by atoms with van der Waals surface area (Å²) in [6.07, 6.45) is 20.3. The van der Waals surface area contributed by atoms with Gasteiger partial charge in [-0.05, 0) is 53.1 Å². The Labute approximate surface area is 201 Å². The van der Waals surface area contributed by atoms with Crippen LogP contribution in [0.3, 0.4) is 0 Å². The van der Waals surface area contributed by atoms with E-state index in [2.05, 4.69) is 18.7 Å². The Morgan fingerprint density at radius 3 is 1.56 bits per heavy atom. The lowest BCUT2D eigenvalue weighted by molar-refractivity contribution is -0.155. The van der Waals surface area contributed by atoms with Crippen LogP contribution < -0.4 is 0 Å². The van der Waals surface area contributed by atoms with E-state index in [1.807, 2.05) is 20.8 Å². The normalized spacial score (nSPS) is 11.9. The SMILES string of the molecule is CCCCCCCCCN(CCCCCCCCC)CCOCCCC(=O)OC(C)(C)C. The van der Waals surface area contributed by atoms with E-state index in [0.29, 0.717) is 13.0 Å². The van der Waals surface area contributed by atoms with E-state index in [1.54, 1.807) is 0 Å². The summed E-state index contributed by atoms with van der Waals surface area (Å²) in [7, 11) is 0. The summed E-state index contributed by atoms with van der Waals surface area (Å²) in [5.74, 6) is -0.124. The van der Waals surface area contributed by atoms with Crippen molar-refractivity contribution in [1.29, 1.82) is 0 Å². The minimum absolute atomic E-state index is 0.124. The lowest BCUT2D eigenvalue weighted by atomic mass is 10.1. The lowest BCUT2D eigenvalue weighted by Crippen LogP contribution is -2.30. The number of carbonyl (C=O) groups is 1. The molecule has 0 aromatic rings. The molecular weight excluding hydrogens is 398 g/mol. The zero-order valence-corrected chi connectivity index (χ0v) is 22.5. The maximum atomic E-state index is 11.8. The van der Waals surface area contributed by atoms with Crippen LogP contribution in [0.2, 0.25) is 0 Å². The molecule has 0 aliphatic carbocycles. The number of nitrogens with zero attached hydrogens (tertiary/aromatic N) is 1. The Bertz CT molecular complexity index is 388. The summed E-state index contributed by atoms with van der Waals surface area (Å²) < 4.78 is 11.2. The first-order chi connectivity index (χ1) is 15.4. The number of unbranched alkanes of at least 4 members (excludes halogenated alkanes) is 12. The lowest BCUT2D eigenvalue weighted by Gasteiger charge is -2.22. The van der Waals surface area contributed by atoms with Crippen molar-refractivity contribution in [3.05, 3.63) is 0 Å². The van der Waals surface area contributed by atoms with Crippen molar-refractivity contribution in [2.24, 2.45) is 0 Å². The van der Waals surface area contributed by atoms with Crippen molar-refractivity contribution in [1.82, 2.24) is 4.90 Å². The predicted octanol–water partition coefficient (Wildman–Crippen LogP) is 7.93. The molecule has 4 nitrogen and oxygen atoms in total. The molecule has 192 valence electrons. The van der Waals surface area contributed by atoms with Crippen LogP contribution >= 0.6 is 0 Å². The zero-order chi connectivity index (χ0) is 23.9. The predicted molar refractivity (Wildman–Crippen MR) is 138 cm³/mol. The van der Waals surface area contributed by atoms with E-state index < -0.39 is 5.60 Å². The van der Waals surface area contributed by atoms with E-state index in [1.165, 1.54) is 103 Å². The molecular formula is C28H57NO3. The Hall–Kier alpha value is -0.610. The molecule has 0 atom stereocenters. The fourth-order valence-corrected chi connectivity index (χ4v) is 3.93. The van der Waals surface area contributed by atoms with Gasteiger partial charge in [-0.25, -0.2) is 0 Å². The third-order valence-electron chi connectivity index (χ3n) is 5.80. The van der Waals surface area contributed by atoms with Gasteiger partial charge in [0.05, 0.1) is 6.61 Å². The highest BCUT2D eigenvalue weighted by Gasteiger charge is 2.15. The third kappa shape index (κ3) is 24.0. The van der Waals surface area contributed by atoms with E-state index >= 15 is 0 Å². The highest BCUT2D eigenvalue weighted by Crippen LogP contribution is 2.11. The second kappa shape index (κ2) is 22.2.